The number of thiocarbonyl (C=S) groups is 1. The van der Waals surface area contributed by atoms with E-state index in [2.05, 4.69) is 21.5 Å². The van der Waals surface area contributed by atoms with Gasteiger partial charge < -0.3 is 10.1 Å². The highest BCUT2D eigenvalue weighted by Gasteiger charge is 2.21. The lowest BCUT2D eigenvalue weighted by molar-refractivity contribution is -0.120. The van der Waals surface area contributed by atoms with Crippen molar-refractivity contribution >= 4 is 40.7 Å². The standard InChI is InChI=1S/C30H32N4O4S/c35-27(22-9-5-2-6-10-22)31-25-15-11-24(12-16-25)29(37)33-34-30(39)32-28(36)23-13-17-26(18-14-23)38-20-19-21-7-3-1-4-8-21/h1,3-4,7-8,11-18,22H,2,5-6,9-10,19-20H2,(H,31,35)(H,33,37)(H2,32,34,36,39). The molecule has 3 amide bonds. The van der Waals surface area contributed by atoms with Gasteiger partial charge in [0.15, 0.2) is 5.11 Å². The molecule has 0 aliphatic heterocycles. The van der Waals surface area contributed by atoms with Crippen LogP contribution in [0.1, 0.15) is 58.4 Å². The average Bonchev–Trinajstić information content (AvgIpc) is 2.97. The summed E-state index contributed by atoms with van der Waals surface area (Å²) in [5.74, 6) is -0.113. The van der Waals surface area contributed by atoms with Crippen molar-refractivity contribution in [1.82, 2.24) is 16.2 Å². The first-order chi connectivity index (χ1) is 19.0. The third kappa shape index (κ3) is 8.65. The van der Waals surface area contributed by atoms with E-state index in [0.29, 0.717) is 29.2 Å². The highest BCUT2D eigenvalue weighted by atomic mass is 32.1. The van der Waals surface area contributed by atoms with Gasteiger partial charge in [-0.25, -0.2) is 0 Å². The normalized spacial score (nSPS) is 13.1. The van der Waals surface area contributed by atoms with E-state index in [4.69, 9.17) is 17.0 Å². The fraction of sp³-hybridized carbons (Fsp3) is 0.267. The predicted molar refractivity (Wildman–Crippen MR) is 154 cm³/mol. The van der Waals surface area contributed by atoms with Gasteiger partial charge in [0, 0.05) is 29.2 Å². The van der Waals surface area contributed by atoms with E-state index < -0.39 is 11.8 Å². The van der Waals surface area contributed by atoms with Crippen molar-refractivity contribution in [3.05, 3.63) is 95.6 Å². The highest BCUT2D eigenvalue weighted by Crippen LogP contribution is 2.25. The van der Waals surface area contributed by atoms with Gasteiger partial charge in [0.1, 0.15) is 5.75 Å². The Bertz CT molecular complexity index is 1270. The summed E-state index contributed by atoms with van der Waals surface area (Å²) in [6.45, 7) is 0.529. The molecule has 202 valence electrons. The third-order valence-corrected chi connectivity index (χ3v) is 6.73. The van der Waals surface area contributed by atoms with Crippen molar-refractivity contribution in [3.63, 3.8) is 0 Å². The topological polar surface area (TPSA) is 109 Å². The Labute approximate surface area is 233 Å². The van der Waals surface area contributed by atoms with Crippen LogP contribution in [0.3, 0.4) is 0 Å². The lowest BCUT2D eigenvalue weighted by Gasteiger charge is -2.20. The van der Waals surface area contributed by atoms with Gasteiger partial charge in [-0.2, -0.15) is 0 Å². The second-order valence-electron chi connectivity index (χ2n) is 9.37. The Morgan fingerprint density at radius 1 is 0.769 bits per heavy atom. The summed E-state index contributed by atoms with van der Waals surface area (Å²) >= 11 is 5.13. The smallest absolute Gasteiger partial charge is 0.269 e. The fourth-order valence-electron chi connectivity index (χ4n) is 4.34. The molecule has 0 aromatic heterocycles. The molecule has 0 unspecified atom stereocenters. The van der Waals surface area contributed by atoms with Gasteiger partial charge in [-0.05, 0) is 79.2 Å². The molecule has 9 heteroatoms. The second kappa shape index (κ2) is 14.1. The lowest BCUT2D eigenvalue weighted by atomic mass is 9.88. The Hall–Kier alpha value is -4.24. The van der Waals surface area contributed by atoms with E-state index in [1.165, 1.54) is 12.0 Å². The minimum absolute atomic E-state index is 0.0277. The van der Waals surface area contributed by atoms with Crippen LogP contribution in [0.25, 0.3) is 0 Å². The van der Waals surface area contributed by atoms with E-state index in [-0.39, 0.29) is 16.9 Å². The number of nitrogens with one attached hydrogen (secondary N) is 4. The summed E-state index contributed by atoms with van der Waals surface area (Å²) in [5.41, 5.74) is 7.59. The van der Waals surface area contributed by atoms with Crippen molar-refractivity contribution in [2.24, 2.45) is 5.92 Å². The van der Waals surface area contributed by atoms with E-state index in [9.17, 15) is 14.4 Å². The lowest BCUT2D eigenvalue weighted by Crippen LogP contribution is -2.48. The maximum Gasteiger partial charge on any atom is 0.269 e. The molecule has 1 aliphatic rings. The van der Waals surface area contributed by atoms with Crippen LogP contribution in [0.5, 0.6) is 5.75 Å². The summed E-state index contributed by atoms with van der Waals surface area (Å²) in [4.78, 5) is 37.4. The van der Waals surface area contributed by atoms with Gasteiger partial charge in [0.2, 0.25) is 5.91 Å². The van der Waals surface area contributed by atoms with Gasteiger partial charge in [-0.1, -0.05) is 49.6 Å². The first-order valence-electron chi connectivity index (χ1n) is 13.1. The number of hydrazine groups is 1. The molecule has 39 heavy (non-hydrogen) atoms. The molecule has 1 saturated carbocycles. The molecule has 0 spiro atoms. The van der Waals surface area contributed by atoms with Crippen molar-refractivity contribution in [3.8, 4) is 5.75 Å². The molecule has 4 rings (SSSR count). The Morgan fingerprint density at radius 3 is 2.10 bits per heavy atom. The quantitative estimate of drug-likeness (QED) is 0.240. The highest BCUT2D eigenvalue weighted by molar-refractivity contribution is 7.80. The SMILES string of the molecule is O=C(NNC(=S)NC(=O)c1ccc(OCCc2ccccc2)cc1)c1ccc(NC(=O)C2CCCCC2)cc1. The van der Waals surface area contributed by atoms with Crippen molar-refractivity contribution < 1.29 is 19.1 Å². The zero-order chi connectivity index (χ0) is 27.5. The van der Waals surface area contributed by atoms with Gasteiger partial charge in [-0.15, -0.1) is 0 Å². The largest absolute Gasteiger partial charge is 0.493 e. The van der Waals surface area contributed by atoms with Gasteiger partial charge in [-0.3, -0.25) is 30.6 Å². The first kappa shape index (κ1) is 27.8. The van der Waals surface area contributed by atoms with Crippen LogP contribution in [-0.2, 0) is 11.2 Å². The molecular formula is C30H32N4O4S. The maximum atomic E-state index is 12.5. The summed E-state index contributed by atoms with van der Waals surface area (Å²) in [6.07, 6.45) is 5.99. The zero-order valence-corrected chi connectivity index (χ0v) is 22.4. The number of hydrogen-bond donors (Lipinski definition) is 4. The number of carbonyl (C=O) groups excluding carboxylic acids is 3. The second-order valence-corrected chi connectivity index (χ2v) is 9.78. The van der Waals surface area contributed by atoms with Crippen LogP contribution in [0.2, 0.25) is 0 Å². The molecule has 0 radical (unpaired) electrons. The summed E-state index contributed by atoms with van der Waals surface area (Å²) in [7, 11) is 0. The third-order valence-electron chi connectivity index (χ3n) is 6.53. The van der Waals surface area contributed by atoms with E-state index in [1.54, 1.807) is 48.5 Å². The van der Waals surface area contributed by atoms with E-state index in [0.717, 1.165) is 32.1 Å². The number of hydrogen-bond acceptors (Lipinski definition) is 5. The molecule has 1 fully saturated rings. The summed E-state index contributed by atoms with van der Waals surface area (Å²) in [6, 6.07) is 23.4. The molecule has 3 aromatic rings. The number of anilines is 1. The van der Waals surface area contributed by atoms with E-state index in [1.807, 2.05) is 30.3 Å². The summed E-state index contributed by atoms with van der Waals surface area (Å²) < 4.78 is 5.75. The van der Waals surface area contributed by atoms with E-state index >= 15 is 0 Å². The van der Waals surface area contributed by atoms with Crippen molar-refractivity contribution in [1.29, 1.82) is 0 Å². The molecule has 0 heterocycles. The Balaban J connectivity index is 1.17. The van der Waals surface area contributed by atoms with Crippen LogP contribution in [0.4, 0.5) is 5.69 Å². The van der Waals surface area contributed by atoms with Crippen molar-refractivity contribution in [2.45, 2.75) is 38.5 Å². The Kier molecular flexibility index (Phi) is 10.0. The number of rotatable bonds is 8. The van der Waals surface area contributed by atoms with Crippen molar-refractivity contribution in [2.75, 3.05) is 11.9 Å². The Morgan fingerprint density at radius 2 is 1.41 bits per heavy atom. The number of carbonyl (C=O) groups is 3. The molecule has 0 saturated heterocycles. The van der Waals surface area contributed by atoms with Crippen LogP contribution in [-0.4, -0.2) is 29.4 Å². The monoisotopic (exact) mass is 544 g/mol. The number of amides is 3. The summed E-state index contributed by atoms with van der Waals surface area (Å²) in [5, 5.41) is 5.40. The van der Waals surface area contributed by atoms with Crippen LogP contribution in [0, 0.1) is 5.92 Å². The molecule has 0 bridgehead atoms. The first-order valence-corrected chi connectivity index (χ1v) is 13.5. The molecule has 1 aliphatic carbocycles. The molecular weight excluding hydrogens is 512 g/mol. The predicted octanol–water partition coefficient (Wildman–Crippen LogP) is 4.78. The minimum atomic E-state index is -0.436. The van der Waals surface area contributed by atoms with Gasteiger partial charge in [0.05, 0.1) is 6.61 Å². The van der Waals surface area contributed by atoms with Crippen LogP contribution in [0.15, 0.2) is 78.9 Å². The van der Waals surface area contributed by atoms with Gasteiger partial charge in [0.25, 0.3) is 11.8 Å². The molecule has 0 atom stereocenters. The number of ether oxygens (including phenoxy) is 1. The zero-order valence-electron chi connectivity index (χ0n) is 21.6. The number of benzene rings is 3. The molecule has 4 N–H and O–H groups in total. The fourth-order valence-corrected chi connectivity index (χ4v) is 4.48. The maximum absolute atomic E-state index is 12.5. The van der Waals surface area contributed by atoms with Crippen LogP contribution < -0.4 is 26.2 Å². The minimum Gasteiger partial charge on any atom is -0.493 e. The van der Waals surface area contributed by atoms with Crippen LogP contribution >= 0.6 is 12.2 Å². The average molecular weight is 545 g/mol. The van der Waals surface area contributed by atoms with Gasteiger partial charge >= 0.3 is 0 Å². The molecule has 3 aromatic carbocycles. The molecule has 8 nitrogen and oxygen atoms in total.